The first-order chi connectivity index (χ1) is 15.6. The summed E-state index contributed by atoms with van der Waals surface area (Å²) in [7, 11) is -3.60. The Hall–Kier alpha value is -2.55. The Kier molecular flexibility index (Phi) is 6.70. The van der Waals surface area contributed by atoms with E-state index in [9.17, 15) is 18.3 Å². The highest BCUT2D eigenvalue weighted by Crippen LogP contribution is 2.33. The van der Waals surface area contributed by atoms with Gasteiger partial charge in [0.15, 0.2) is 0 Å². The van der Waals surface area contributed by atoms with Crippen LogP contribution < -0.4 is 4.74 Å². The number of carboxylic acid groups (broad SMARTS) is 1. The lowest BCUT2D eigenvalue weighted by Crippen LogP contribution is -2.38. The van der Waals surface area contributed by atoms with Crippen molar-refractivity contribution in [2.24, 2.45) is 0 Å². The van der Waals surface area contributed by atoms with Gasteiger partial charge < -0.3 is 14.4 Å². The van der Waals surface area contributed by atoms with E-state index in [1.807, 2.05) is 26.1 Å². The third kappa shape index (κ3) is 5.03. The maximum Gasteiger partial charge on any atom is 0.307 e. The monoisotopic (exact) mass is 490 g/mol. The Balaban J connectivity index is 1.52. The molecule has 1 N–H and O–H groups in total. The Bertz CT molecular complexity index is 1260. The Morgan fingerprint density at radius 1 is 1.15 bits per heavy atom. The SMILES string of the molecule is CC(C)Oc1ccc(S(=O)(=O)N2CCC(n3cc(CC(=O)O)c4cc(Cl)ccc43)CC2)cc1. The summed E-state index contributed by atoms with van der Waals surface area (Å²) in [6, 6.07) is 12.1. The molecule has 9 heteroatoms. The van der Waals surface area contributed by atoms with Gasteiger partial charge in [0, 0.05) is 41.3 Å². The molecule has 7 nitrogen and oxygen atoms in total. The lowest BCUT2D eigenvalue weighted by atomic mass is 10.1. The first-order valence-corrected chi connectivity index (χ1v) is 12.7. The summed E-state index contributed by atoms with van der Waals surface area (Å²) >= 11 is 6.15. The fraction of sp³-hybridized carbons (Fsp3) is 0.375. The second-order valence-electron chi connectivity index (χ2n) is 8.57. The second kappa shape index (κ2) is 9.37. The zero-order valence-corrected chi connectivity index (χ0v) is 20.1. The summed E-state index contributed by atoms with van der Waals surface area (Å²) in [6.07, 6.45) is 3.06. The van der Waals surface area contributed by atoms with E-state index in [1.165, 1.54) is 4.31 Å². The molecule has 33 heavy (non-hydrogen) atoms. The van der Waals surface area contributed by atoms with Gasteiger partial charge in [-0.05, 0) is 74.7 Å². The predicted octanol–water partition coefficient (Wildman–Crippen LogP) is 4.73. The summed E-state index contributed by atoms with van der Waals surface area (Å²) in [5.74, 6) is -0.265. The van der Waals surface area contributed by atoms with Gasteiger partial charge in [-0.1, -0.05) is 11.6 Å². The van der Waals surface area contributed by atoms with Gasteiger partial charge in [0.05, 0.1) is 17.4 Å². The van der Waals surface area contributed by atoms with Crippen LogP contribution in [0.4, 0.5) is 0 Å². The molecule has 0 atom stereocenters. The minimum Gasteiger partial charge on any atom is -0.491 e. The third-order valence-electron chi connectivity index (χ3n) is 5.87. The number of carboxylic acids is 1. The van der Waals surface area contributed by atoms with Crippen LogP contribution in [-0.4, -0.2) is 47.6 Å². The molecule has 0 saturated carbocycles. The third-order valence-corrected chi connectivity index (χ3v) is 8.02. The Labute approximate surface area is 198 Å². The number of rotatable bonds is 7. The van der Waals surface area contributed by atoms with E-state index in [0.29, 0.717) is 42.3 Å². The Morgan fingerprint density at radius 3 is 2.42 bits per heavy atom. The molecule has 1 aliphatic heterocycles. The quantitative estimate of drug-likeness (QED) is 0.517. The molecular formula is C24H27ClN2O5S. The van der Waals surface area contributed by atoms with Crippen molar-refractivity contribution in [3.05, 3.63) is 59.2 Å². The van der Waals surface area contributed by atoms with Gasteiger partial charge in [-0.15, -0.1) is 0 Å². The van der Waals surface area contributed by atoms with Gasteiger partial charge >= 0.3 is 5.97 Å². The number of piperidine rings is 1. The first-order valence-electron chi connectivity index (χ1n) is 10.9. The fourth-order valence-electron chi connectivity index (χ4n) is 4.38. The van der Waals surface area contributed by atoms with E-state index < -0.39 is 16.0 Å². The molecule has 0 radical (unpaired) electrons. The maximum absolute atomic E-state index is 13.1. The highest BCUT2D eigenvalue weighted by atomic mass is 35.5. The van der Waals surface area contributed by atoms with Crippen molar-refractivity contribution in [1.82, 2.24) is 8.87 Å². The van der Waals surface area contributed by atoms with E-state index in [0.717, 1.165) is 10.9 Å². The van der Waals surface area contributed by atoms with E-state index >= 15 is 0 Å². The molecule has 1 saturated heterocycles. The number of carbonyl (C=O) groups is 1. The van der Waals surface area contributed by atoms with Gasteiger partial charge in [0.1, 0.15) is 5.75 Å². The molecule has 176 valence electrons. The minimum absolute atomic E-state index is 0.0169. The summed E-state index contributed by atoms with van der Waals surface area (Å²) in [5.41, 5.74) is 1.62. The molecule has 0 spiro atoms. The van der Waals surface area contributed by atoms with Crippen molar-refractivity contribution >= 4 is 38.5 Å². The van der Waals surface area contributed by atoms with Crippen LogP contribution in [0.1, 0.15) is 38.3 Å². The topological polar surface area (TPSA) is 88.8 Å². The first kappa shape index (κ1) is 23.6. The van der Waals surface area contributed by atoms with E-state index in [4.69, 9.17) is 16.3 Å². The smallest absolute Gasteiger partial charge is 0.307 e. The highest BCUT2D eigenvalue weighted by molar-refractivity contribution is 7.89. The predicted molar refractivity (Wildman–Crippen MR) is 128 cm³/mol. The number of halogens is 1. The fourth-order valence-corrected chi connectivity index (χ4v) is 6.02. The average Bonchev–Trinajstić information content (AvgIpc) is 3.10. The molecule has 0 aliphatic carbocycles. The molecule has 0 bridgehead atoms. The molecule has 2 heterocycles. The second-order valence-corrected chi connectivity index (χ2v) is 10.9. The van der Waals surface area contributed by atoms with Gasteiger partial charge in [-0.2, -0.15) is 4.31 Å². The van der Waals surface area contributed by atoms with Crippen molar-refractivity contribution in [1.29, 1.82) is 0 Å². The summed E-state index contributed by atoms with van der Waals surface area (Å²) in [4.78, 5) is 11.6. The van der Waals surface area contributed by atoms with Gasteiger partial charge in [0.25, 0.3) is 0 Å². The van der Waals surface area contributed by atoms with E-state index in [-0.39, 0.29) is 23.5 Å². The number of aromatic nitrogens is 1. The van der Waals surface area contributed by atoms with Crippen molar-refractivity contribution in [2.75, 3.05) is 13.1 Å². The number of fused-ring (bicyclic) bond motifs is 1. The number of aliphatic carboxylic acids is 1. The van der Waals surface area contributed by atoms with Gasteiger partial charge in [-0.25, -0.2) is 8.42 Å². The molecular weight excluding hydrogens is 464 g/mol. The van der Waals surface area contributed by atoms with Crippen LogP contribution in [0.3, 0.4) is 0 Å². The van der Waals surface area contributed by atoms with Crippen LogP contribution in [0, 0.1) is 0 Å². The molecule has 1 aromatic heterocycles. The van der Waals surface area contributed by atoms with Gasteiger partial charge in [-0.3, -0.25) is 4.79 Å². The molecule has 2 aromatic carbocycles. The summed E-state index contributed by atoms with van der Waals surface area (Å²) in [5, 5.41) is 10.7. The van der Waals surface area contributed by atoms with Crippen molar-refractivity contribution in [3.63, 3.8) is 0 Å². The van der Waals surface area contributed by atoms with Crippen molar-refractivity contribution in [2.45, 2.75) is 50.2 Å². The number of benzene rings is 2. The lowest BCUT2D eigenvalue weighted by Gasteiger charge is -2.32. The number of hydrogen-bond acceptors (Lipinski definition) is 4. The van der Waals surface area contributed by atoms with Crippen LogP contribution in [0.15, 0.2) is 53.6 Å². The highest BCUT2D eigenvalue weighted by Gasteiger charge is 2.31. The summed E-state index contributed by atoms with van der Waals surface area (Å²) in [6.45, 7) is 4.61. The normalized spacial score (nSPS) is 15.9. The van der Waals surface area contributed by atoms with E-state index in [1.54, 1.807) is 36.4 Å². The van der Waals surface area contributed by atoms with Crippen LogP contribution in [0.5, 0.6) is 5.75 Å². The summed E-state index contributed by atoms with van der Waals surface area (Å²) < 4.78 is 35.5. The zero-order valence-electron chi connectivity index (χ0n) is 18.6. The molecule has 3 aromatic rings. The van der Waals surface area contributed by atoms with Crippen LogP contribution >= 0.6 is 11.6 Å². The van der Waals surface area contributed by atoms with Crippen LogP contribution in [0.25, 0.3) is 10.9 Å². The van der Waals surface area contributed by atoms with Gasteiger partial charge in [0.2, 0.25) is 10.0 Å². The molecule has 4 rings (SSSR count). The maximum atomic E-state index is 13.1. The van der Waals surface area contributed by atoms with Crippen molar-refractivity contribution < 1.29 is 23.1 Å². The van der Waals surface area contributed by atoms with Crippen molar-refractivity contribution in [3.8, 4) is 5.75 Å². The van der Waals surface area contributed by atoms with Crippen LogP contribution in [0.2, 0.25) is 5.02 Å². The number of nitrogens with zero attached hydrogens (tertiary/aromatic N) is 2. The number of hydrogen-bond donors (Lipinski definition) is 1. The Morgan fingerprint density at radius 2 is 1.82 bits per heavy atom. The molecule has 1 aliphatic rings. The molecule has 0 amide bonds. The number of sulfonamides is 1. The standard InChI is InChI=1S/C24H27ClN2O5S/c1-16(2)32-20-4-6-21(7-5-20)33(30,31)26-11-9-19(10-12-26)27-15-17(13-24(28)29)22-14-18(25)3-8-23(22)27/h3-8,14-16,19H,9-13H2,1-2H3,(H,28,29). The zero-order chi connectivity index (χ0) is 23.8. The average molecular weight is 491 g/mol. The van der Waals surface area contributed by atoms with E-state index in [2.05, 4.69) is 4.57 Å². The molecule has 0 unspecified atom stereocenters. The largest absolute Gasteiger partial charge is 0.491 e. The lowest BCUT2D eigenvalue weighted by molar-refractivity contribution is -0.136. The van der Waals surface area contributed by atoms with Crippen LogP contribution in [-0.2, 0) is 21.2 Å². The number of ether oxygens (including phenoxy) is 1. The molecule has 1 fully saturated rings. The minimum atomic E-state index is -3.60.